The van der Waals surface area contributed by atoms with Crippen LogP contribution in [0.15, 0.2) is 158 Å². The molecule has 0 bridgehead atoms. The van der Waals surface area contributed by atoms with Crippen molar-refractivity contribution < 1.29 is 53.2 Å². The molecule has 0 saturated carbocycles. The van der Waals surface area contributed by atoms with Crippen molar-refractivity contribution in [3.8, 4) is 23.0 Å². The van der Waals surface area contributed by atoms with E-state index in [1.165, 1.54) is 36.4 Å². The number of nitrogens with one attached hydrogen (secondary N) is 1. The normalized spacial score (nSPS) is 14.5. The first-order valence-corrected chi connectivity index (χ1v) is 19.6. The summed E-state index contributed by atoms with van der Waals surface area (Å²) in [4.78, 5) is 90.8. The molecule has 0 unspecified atom stereocenters. The highest BCUT2D eigenvalue weighted by Gasteiger charge is 2.46. The van der Waals surface area contributed by atoms with Crippen molar-refractivity contribution in [1.29, 1.82) is 0 Å². The Balaban J connectivity index is 0.865. The van der Waals surface area contributed by atoms with Crippen molar-refractivity contribution in [1.82, 2.24) is 5.32 Å². The quantitative estimate of drug-likeness (QED) is 0.112. The summed E-state index contributed by atoms with van der Waals surface area (Å²) in [7, 11) is 0. The predicted octanol–water partition coefficient (Wildman–Crippen LogP) is 8.30. The number of fused-ring (bicyclic) bond motifs is 3. The van der Waals surface area contributed by atoms with Gasteiger partial charge in [-0.05, 0) is 132 Å². The van der Waals surface area contributed by atoms with Crippen molar-refractivity contribution in [2.24, 2.45) is 0 Å². The number of carboxylic acids is 2. The van der Waals surface area contributed by atoms with Crippen molar-refractivity contribution in [2.45, 2.75) is 5.54 Å². The second kappa shape index (κ2) is 14.8. The number of benzene rings is 7. The van der Waals surface area contributed by atoms with Gasteiger partial charge in [-0.1, -0.05) is 42.5 Å². The summed E-state index contributed by atoms with van der Waals surface area (Å²) in [6, 6.07) is 42.1. The molecular formula is C50H29N3O11. The molecule has 14 heteroatoms. The largest absolute Gasteiger partial charge is 0.478 e. The molecule has 64 heavy (non-hydrogen) atoms. The number of imide groups is 2. The Hall–Kier alpha value is -9.17. The molecular weight excluding hydrogens is 819 g/mol. The minimum Gasteiger partial charge on any atom is -0.478 e. The first-order chi connectivity index (χ1) is 30.9. The minimum absolute atomic E-state index is 0.0169. The summed E-state index contributed by atoms with van der Waals surface area (Å²) < 4.78 is 12.3. The van der Waals surface area contributed by atoms with Crippen molar-refractivity contribution >= 4 is 52.8 Å². The third-order valence-corrected chi connectivity index (χ3v) is 11.4. The van der Waals surface area contributed by atoms with Gasteiger partial charge in [-0.3, -0.25) is 24.0 Å². The topological polar surface area (TPSA) is 197 Å². The van der Waals surface area contributed by atoms with Gasteiger partial charge < -0.3 is 25.0 Å². The molecule has 0 aliphatic carbocycles. The van der Waals surface area contributed by atoms with Crippen LogP contribution in [-0.4, -0.2) is 51.7 Å². The van der Waals surface area contributed by atoms with Crippen LogP contribution in [0.3, 0.4) is 0 Å². The molecule has 3 N–H and O–H groups in total. The number of aromatic carboxylic acids is 2. The smallest absolute Gasteiger partial charge is 0.335 e. The van der Waals surface area contributed by atoms with Crippen LogP contribution in [0.5, 0.6) is 23.0 Å². The Labute approximate surface area is 362 Å². The van der Waals surface area contributed by atoms with E-state index in [0.29, 0.717) is 28.6 Å². The number of anilines is 2. The van der Waals surface area contributed by atoms with E-state index in [0.717, 1.165) is 26.5 Å². The fraction of sp³-hybridized carbons (Fsp3) is 0.0200. The SMILES string of the molecule is O=C(O)c1ccc2c(c1)C(=O)N(c1ccc(Oc3ccc(C4(c5ccc(Oc6ccc(N7C(=O)c8ccc(C(=O)O)cc8C7=O)cc6)cc5)NC(=O)c5ccccc54)cc3)cc1)C2=O. The van der Waals surface area contributed by atoms with Crippen molar-refractivity contribution in [3.63, 3.8) is 0 Å². The average Bonchev–Trinajstić information content (AvgIpc) is 3.86. The average molecular weight is 848 g/mol. The Kier molecular flexibility index (Phi) is 9.00. The highest BCUT2D eigenvalue weighted by atomic mass is 16.5. The number of amides is 5. The monoisotopic (exact) mass is 847 g/mol. The Morgan fingerprint density at radius 2 is 0.812 bits per heavy atom. The molecule has 5 amide bonds. The molecule has 3 aliphatic rings. The standard InChI is InChI=1S/C50H29N3O11/c54-43-39-3-1-2-4-42(39)50(51-43,29-7-15-33(16-8-29)63-35-19-11-31(12-20-35)52-44(55)37-23-5-27(48(59)60)25-40(37)46(52)57)30-9-17-34(18-10-30)64-36-21-13-32(14-22-36)53-45(56)38-24-6-28(49(61)62)26-41(38)47(53)58/h1-26H,(H,51,54)(H,59,60)(H,61,62). The van der Waals surface area contributed by atoms with Crippen LogP contribution in [0.25, 0.3) is 0 Å². The maximum atomic E-state index is 13.5. The number of ether oxygens (including phenoxy) is 2. The third-order valence-electron chi connectivity index (χ3n) is 11.4. The first-order valence-electron chi connectivity index (χ1n) is 19.6. The van der Waals surface area contributed by atoms with E-state index >= 15 is 0 Å². The summed E-state index contributed by atoms with van der Waals surface area (Å²) >= 11 is 0. The summed E-state index contributed by atoms with van der Waals surface area (Å²) in [6.45, 7) is 0. The lowest BCUT2D eigenvalue weighted by atomic mass is 9.78. The molecule has 7 aromatic carbocycles. The third kappa shape index (κ3) is 6.24. The second-order valence-corrected chi connectivity index (χ2v) is 15.0. The molecule has 0 aromatic heterocycles. The van der Waals surface area contributed by atoms with Crippen LogP contribution in [0, 0.1) is 0 Å². The zero-order valence-corrected chi connectivity index (χ0v) is 33.0. The molecule has 14 nitrogen and oxygen atoms in total. The number of hydrogen-bond donors (Lipinski definition) is 3. The molecule has 3 heterocycles. The van der Waals surface area contributed by atoms with Gasteiger partial charge in [-0.25, -0.2) is 19.4 Å². The highest BCUT2D eigenvalue weighted by Crippen LogP contribution is 2.44. The van der Waals surface area contributed by atoms with E-state index in [9.17, 15) is 43.8 Å². The van der Waals surface area contributed by atoms with Gasteiger partial charge in [0.1, 0.15) is 28.5 Å². The van der Waals surface area contributed by atoms with Gasteiger partial charge in [0, 0.05) is 5.56 Å². The van der Waals surface area contributed by atoms with Gasteiger partial charge in [0.2, 0.25) is 0 Å². The summed E-state index contributed by atoms with van der Waals surface area (Å²) in [6.07, 6.45) is 0. The van der Waals surface area contributed by atoms with E-state index in [-0.39, 0.29) is 50.7 Å². The van der Waals surface area contributed by atoms with Crippen molar-refractivity contribution in [3.05, 3.63) is 213 Å². The lowest BCUT2D eigenvalue weighted by Crippen LogP contribution is -2.41. The summed E-state index contributed by atoms with van der Waals surface area (Å²) in [5.74, 6) is -3.27. The Bertz CT molecular complexity index is 3000. The van der Waals surface area contributed by atoms with Crippen LogP contribution in [0.2, 0.25) is 0 Å². The molecule has 0 radical (unpaired) electrons. The number of hydrogen-bond acceptors (Lipinski definition) is 9. The van der Waals surface area contributed by atoms with Gasteiger partial charge in [0.05, 0.1) is 44.8 Å². The second-order valence-electron chi connectivity index (χ2n) is 15.0. The van der Waals surface area contributed by atoms with Gasteiger partial charge in [0.25, 0.3) is 29.5 Å². The van der Waals surface area contributed by atoms with Crippen LogP contribution in [0.1, 0.15) is 89.2 Å². The summed E-state index contributed by atoms with van der Waals surface area (Å²) in [5, 5.41) is 21.9. The predicted molar refractivity (Wildman–Crippen MR) is 229 cm³/mol. The fourth-order valence-corrected chi connectivity index (χ4v) is 8.30. The molecule has 3 aliphatic heterocycles. The molecule has 0 atom stereocenters. The van der Waals surface area contributed by atoms with E-state index in [1.807, 2.05) is 36.4 Å². The number of nitrogens with zero attached hydrogens (tertiary/aromatic N) is 2. The molecule has 0 saturated heterocycles. The van der Waals surface area contributed by atoms with Gasteiger partial charge in [-0.15, -0.1) is 0 Å². The molecule has 310 valence electrons. The van der Waals surface area contributed by atoms with Crippen LogP contribution >= 0.6 is 0 Å². The van der Waals surface area contributed by atoms with E-state index < -0.39 is 41.1 Å². The lowest BCUT2D eigenvalue weighted by Gasteiger charge is -2.32. The molecule has 10 rings (SSSR count). The number of carbonyl (C=O) groups excluding carboxylic acids is 5. The zero-order valence-electron chi connectivity index (χ0n) is 33.0. The number of rotatable bonds is 10. The van der Waals surface area contributed by atoms with Gasteiger partial charge in [0.15, 0.2) is 0 Å². The fourth-order valence-electron chi connectivity index (χ4n) is 8.30. The highest BCUT2D eigenvalue weighted by molar-refractivity contribution is 6.35. The molecule has 0 fully saturated rings. The molecule has 0 spiro atoms. The van der Waals surface area contributed by atoms with Crippen LogP contribution < -0.4 is 24.6 Å². The first kappa shape index (κ1) is 39.0. The van der Waals surface area contributed by atoms with Crippen molar-refractivity contribution in [2.75, 3.05) is 9.80 Å². The minimum atomic E-state index is -1.21. The molecule has 7 aromatic rings. The lowest BCUT2D eigenvalue weighted by molar-refractivity contribution is 0.0686. The zero-order chi connectivity index (χ0) is 44.4. The van der Waals surface area contributed by atoms with Crippen LogP contribution in [0.4, 0.5) is 11.4 Å². The maximum Gasteiger partial charge on any atom is 0.335 e. The Morgan fingerprint density at radius 3 is 1.22 bits per heavy atom. The Morgan fingerprint density at radius 1 is 0.438 bits per heavy atom. The van der Waals surface area contributed by atoms with Crippen LogP contribution in [-0.2, 0) is 5.54 Å². The maximum absolute atomic E-state index is 13.5. The number of carbonyl (C=O) groups is 7. The van der Waals surface area contributed by atoms with Gasteiger partial charge in [-0.2, -0.15) is 0 Å². The van der Waals surface area contributed by atoms with E-state index in [1.54, 1.807) is 84.9 Å². The van der Waals surface area contributed by atoms with E-state index in [2.05, 4.69) is 5.32 Å². The summed E-state index contributed by atoms with van der Waals surface area (Å²) in [5.41, 5.74) is 2.30. The number of carboxylic acid groups (broad SMARTS) is 2. The van der Waals surface area contributed by atoms with Gasteiger partial charge >= 0.3 is 11.9 Å². The van der Waals surface area contributed by atoms with E-state index in [4.69, 9.17) is 9.47 Å².